The van der Waals surface area contributed by atoms with Crippen LogP contribution >= 0.6 is 12.4 Å². The Bertz CT molecular complexity index is 478. The molecule has 1 aliphatic heterocycles. The number of aryl methyl sites for hydroxylation is 1. The van der Waals surface area contributed by atoms with Crippen molar-refractivity contribution in [3.8, 4) is 0 Å². The fourth-order valence-corrected chi connectivity index (χ4v) is 1.82. The van der Waals surface area contributed by atoms with Gasteiger partial charge in [0.1, 0.15) is 0 Å². The fourth-order valence-electron chi connectivity index (χ4n) is 1.82. The number of cyclic esters (lactones) is 1. The van der Waals surface area contributed by atoms with E-state index in [0.29, 0.717) is 18.6 Å². The van der Waals surface area contributed by atoms with Gasteiger partial charge in [-0.15, -0.1) is 12.4 Å². The Morgan fingerprint density at radius 3 is 2.83 bits per heavy atom. The molecule has 1 atom stereocenters. The lowest BCUT2D eigenvalue weighted by atomic mass is 10.0. The van der Waals surface area contributed by atoms with Gasteiger partial charge in [-0.25, -0.2) is 4.79 Å². The van der Waals surface area contributed by atoms with Gasteiger partial charge in [0.25, 0.3) is 5.69 Å². The molecule has 0 bridgehead atoms. The van der Waals surface area contributed by atoms with Crippen molar-refractivity contribution in [2.75, 3.05) is 6.61 Å². The van der Waals surface area contributed by atoms with E-state index < -0.39 is 11.0 Å². The maximum Gasteiger partial charge on any atom is 0.407 e. The third kappa shape index (κ3) is 2.89. The van der Waals surface area contributed by atoms with Gasteiger partial charge < -0.3 is 10.1 Å². The second kappa shape index (κ2) is 5.68. The number of benzene rings is 1. The number of amides is 1. The summed E-state index contributed by atoms with van der Waals surface area (Å²) >= 11 is 0. The number of ether oxygens (including phenoxy) is 1. The maximum absolute atomic E-state index is 11.1. The van der Waals surface area contributed by atoms with Crippen LogP contribution in [0.5, 0.6) is 0 Å². The van der Waals surface area contributed by atoms with E-state index in [1.54, 1.807) is 19.1 Å². The number of nitrogens with one attached hydrogen (secondary N) is 1. The number of nitro groups is 1. The standard InChI is InChI=1S/C11H12N2O4.ClH/c1-7-2-3-8(6-10(7)13(15)16)9-4-5-17-11(14)12-9;/h2-3,6,9H,4-5H2,1H3,(H,12,14);1H/t9-;/m1./s1. The van der Waals surface area contributed by atoms with Gasteiger partial charge in [-0.05, 0) is 12.5 Å². The van der Waals surface area contributed by atoms with Crippen LogP contribution in [-0.4, -0.2) is 17.6 Å². The van der Waals surface area contributed by atoms with Crippen molar-refractivity contribution in [1.29, 1.82) is 0 Å². The second-order valence-electron chi connectivity index (χ2n) is 3.92. The Morgan fingerprint density at radius 2 is 2.22 bits per heavy atom. The molecular formula is C11H13ClN2O4. The number of halogens is 1. The van der Waals surface area contributed by atoms with Crippen LogP contribution < -0.4 is 5.32 Å². The monoisotopic (exact) mass is 272 g/mol. The summed E-state index contributed by atoms with van der Waals surface area (Å²) in [5, 5.41) is 13.4. The summed E-state index contributed by atoms with van der Waals surface area (Å²) in [7, 11) is 0. The summed E-state index contributed by atoms with van der Waals surface area (Å²) < 4.78 is 4.75. The fraction of sp³-hybridized carbons (Fsp3) is 0.364. The molecule has 1 aliphatic rings. The first-order chi connectivity index (χ1) is 8.08. The van der Waals surface area contributed by atoms with Crippen molar-refractivity contribution >= 4 is 24.2 Å². The Labute approximate surface area is 110 Å². The third-order valence-electron chi connectivity index (χ3n) is 2.76. The van der Waals surface area contributed by atoms with Gasteiger partial charge in [0.15, 0.2) is 0 Å². The van der Waals surface area contributed by atoms with Gasteiger partial charge in [-0.3, -0.25) is 10.1 Å². The Hall–Kier alpha value is -1.82. The highest BCUT2D eigenvalue weighted by molar-refractivity contribution is 5.85. The van der Waals surface area contributed by atoms with Crippen LogP contribution in [0.25, 0.3) is 0 Å². The van der Waals surface area contributed by atoms with E-state index in [9.17, 15) is 14.9 Å². The normalized spacial score (nSPS) is 18.3. The number of carbonyl (C=O) groups is 1. The van der Waals surface area contributed by atoms with E-state index in [2.05, 4.69) is 5.32 Å². The second-order valence-corrected chi connectivity index (χ2v) is 3.92. The van der Waals surface area contributed by atoms with Gasteiger partial charge in [-0.1, -0.05) is 12.1 Å². The van der Waals surface area contributed by atoms with E-state index in [-0.39, 0.29) is 24.1 Å². The molecular weight excluding hydrogens is 260 g/mol. The molecule has 1 N–H and O–H groups in total. The SMILES string of the molecule is Cc1ccc([C@H]2CCOC(=O)N2)cc1[N+](=O)[O-].Cl. The molecule has 0 unspecified atom stereocenters. The van der Waals surface area contributed by atoms with Gasteiger partial charge in [0.05, 0.1) is 17.6 Å². The summed E-state index contributed by atoms with van der Waals surface area (Å²) in [5.41, 5.74) is 1.42. The minimum atomic E-state index is -0.482. The molecule has 1 saturated heterocycles. The number of hydrogen-bond acceptors (Lipinski definition) is 4. The number of alkyl carbamates (subject to hydrolysis) is 1. The lowest BCUT2D eigenvalue weighted by molar-refractivity contribution is -0.385. The van der Waals surface area contributed by atoms with Crippen molar-refractivity contribution in [3.05, 3.63) is 39.4 Å². The number of hydrogen-bond donors (Lipinski definition) is 1. The molecule has 7 heteroatoms. The van der Waals surface area contributed by atoms with E-state index in [1.165, 1.54) is 6.07 Å². The highest BCUT2D eigenvalue weighted by Gasteiger charge is 2.22. The molecule has 6 nitrogen and oxygen atoms in total. The molecule has 1 aromatic carbocycles. The lowest BCUT2D eigenvalue weighted by Gasteiger charge is -2.23. The molecule has 18 heavy (non-hydrogen) atoms. The van der Waals surface area contributed by atoms with Crippen molar-refractivity contribution in [2.24, 2.45) is 0 Å². The van der Waals surface area contributed by atoms with E-state index in [4.69, 9.17) is 4.74 Å². The van der Waals surface area contributed by atoms with E-state index in [0.717, 1.165) is 5.56 Å². The zero-order valence-electron chi connectivity index (χ0n) is 9.71. The van der Waals surface area contributed by atoms with Crippen LogP contribution in [0, 0.1) is 17.0 Å². The molecule has 0 saturated carbocycles. The first kappa shape index (κ1) is 14.2. The molecule has 1 fully saturated rings. The van der Waals surface area contributed by atoms with Gasteiger partial charge >= 0.3 is 6.09 Å². The minimum Gasteiger partial charge on any atom is -0.449 e. The van der Waals surface area contributed by atoms with Gasteiger partial charge in [0, 0.05) is 18.1 Å². The maximum atomic E-state index is 11.1. The molecule has 98 valence electrons. The van der Waals surface area contributed by atoms with Crippen LogP contribution in [0.1, 0.15) is 23.6 Å². The summed E-state index contributed by atoms with van der Waals surface area (Å²) in [6, 6.07) is 4.77. The molecule has 1 aromatic rings. The van der Waals surface area contributed by atoms with Gasteiger partial charge in [-0.2, -0.15) is 0 Å². The van der Waals surface area contributed by atoms with Crippen molar-refractivity contribution in [3.63, 3.8) is 0 Å². The first-order valence-corrected chi connectivity index (χ1v) is 5.26. The summed E-state index contributed by atoms with van der Waals surface area (Å²) in [6.07, 6.45) is 0.135. The van der Waals surface area contributed by atoms with Crippen LogP contribution in [-0.2, 0) is 4.74 Å². The highest BCUT2D eigenvalue weighted by atomic mass is 35.5. The number of rotatable bonds is 2. The topological polar surface area (TPSA) is 81.5 Å². The van der Waals surface area contributed by atoms with Gasteiger partial charge in [0.2, 0.25) is 0 Å². The molecule has 0 aromatic heterocycles. The van der Waals surface area contributed by atoms with Crippen LogP contribution in [0.4, 0.5) is 10.5 Å². The summed E-state index contributed by atoms with van der Waals surface area (Å²) in [4.78, 5) is 21.5. The van der Waals surface area contributed by atoms with Crippen LogP contribution in [0.3, 0.4) is 0 Å². The van der Waals surface area contributed by atoms with E-state index >= 15 is 0 Å². The highest BCUT2D eigenvalue weighted by Crippen LogP contribution is 2.26. The molecule has 2 rings (SSSR count). The van der Waals surface area contributed by atoms with Crippen molar-refractivity contribution in [1.82, 2.24) is 5.32 Å². The Kier molecular flexibility index (Phi) is 4.49. The largest absolute Gasteiger partial charge is 0.449 e. The smallest absolute Gasteiger partial charge is 0.407 e. The minimum absolute atomic E-state index is 0. The zero-order valence-corrected chi connectivity index (χ0v) is 10.5. The summed E-state index contributed by atoms with van der Waals surface area (Å²) in [5.74, 6) is 0. The average molecular weight is 273 g/mol. The number of nitro benzene ring substituents is 1. The Balaban J connectivity index is 0.00000162. The first-order valence-electron chi connectivity index (χ1n) is 5.26. The van der Waals surface area contributed by atoms with E-state index in [1.807, 2.05) is 0 Å². The molecule has 1 amide bonds. The van der Waals surface area contributed by atoms with Crippen molar-refractivity contribution < 1.29 is 14.5 Å². The summed E-state index contributed by atoms with van der Waals surface area (Å²) in [6.45, 7) is 2.02. The predicted molar refractivity (Wildman–Crippen MR) is 66.9 cm³/mol. The Morgan fingerprint density at radius 1 is 1.50 bits per heavy atom. The van der Waals surface area contributed by atoms with Crippen LogP contribution in [0.15, 0.2) is 18.2 Å². The average Bonchev–Trinajstić information content (AvgIpc) is 2.29. The predicted octanol–water partition coefficient (Wildman–Crippen LogP) is 2.50. The number of carbonyl (C=O) groups excluding carboxylic acids is 1. The molecule has 0 spiro atoms. The lowest BCUT2D eigenvalue weighted by Crippen LogP contribution is -2.35. The molecule has 1 heterocycles. The quantitative estimate of drug-likeness (QED) is 0.662. The zero-order chi connectivity index (χ0) is 12.4. The molecule has 0 aliphatic carbocycles. The van der Waals surface area contributed by atoms with Crippen molar-refractivity contribution in [2.45, 2.75) is 19.4 Å². The van der Waals surface area contributed by atoms with Crippen LogP contribution in [0.2, 0.25) is 0 Å². The number of nitrogens with zero attached hydrogens (tertiary/aromatic N) is 1. The third-order valence-corrected chi connectivity index (χ3v) is 2.76. The molecule has 0 radical (unpaired) electrons.